The highest BCUT2D eigenvalue weighted by atomic mass is 79.9. The average Bonchev–Trinajstić information content (AvgIpc) is 2.81. The number of hydrogen-bond donors (Lipinski definition) is 1. The van der Waals surface area contributed by atoms with Crippen molar-refractivity contribution >= 4 is 39.0 Å². The third-order valence-electron chi connectivity index (χ3n) is 3.01. The molecule has 0 saturated carbocycles. The Morgan fingerprint density at radius 2 is 2.16 bits per heavy atom. The Balaban J connectivity index is 1.91. The van der Waals surface area contributed by atoms with Gasteiger partial charge in [-0.15, -0.1) is 23.1 Å². The first-order valence-electron chi connectivity index (χ1n) is 6.27. The van der Waals surface area contributed by atoms with Crippen LogP contribution in [0, 0.1) is 6.92 Å². The van der Waals surface area contributed by atoms with Crippen molar-refractivity contribution in [1.82, 2.24) is 5.32 Å². The fraction of sp³-hybridized carbons (Fsp3) is 0.333. The lowest BCUT2D eigenvalue weighted by atomic mass is 10.2. The van der Waals surface area contributed by atoms with E-state index in [0.717, 1.165) is 12.2 Å². The number of rotatable bonds is 6. The monoisotopic (exact) mass is 355 g/mol. The topological polar surface area (TPSA) is 12.0 Å². The second-order valence-corrected chi connectivity index (χ2v) is 7.47. The van der Waals surface area contributed by atoms with Gasteiger partial charge in [-0.05, 0) is 54.0 Å². The molecular weight excluding hydrogens is 338 g/mol. The minimum absolute atomic E-state index is 0.509. The van der Waals surface area contributed by atoms with Crippen molar-refractivity contribution in [2.45, 2.75) is 24.3 Å². The molecule has 1 unspecified atom stereocenters. The number of likely N-dealkylation sites (N-methyl/N-ethyl adjacent to an activating group) is 1. The van der Waals surface area contributed by atoms with Crippen LogP contribution in [0.25, 0.3) is 0 Å². The van der Waals surface area contributed by atoms with Gasteiger partial charge in [0.05, 0.1) is 0 Å². The summed E-state index contributed by atoms with van der Waals surface area (Å²) in [5.41, 5.74) is 1.36. The second-order valence-electron chi connectivity index (χ2n) is 4.50. The number of benzene rings is 1. The molecule has 0 bridgehead atoms. The molecule has 0 radical (unpaired) electrons. The summed E-state index contributed by atoms with van der Waals surface area (Å²) < 4.78 is 1.19. The summed E-state index contributed by atoms with van der Waals surface area (Å²) in [5.74, 6) is 1.09. The summed E-state index contributed by atoms with van der Waals surface area (Å²) in [6.45, 7) is 2.17. The highest BCUT2D eigenvalue weighted by molar-refractivity contribution is 9.10. The largest absolute Gasteiger partial charge is 0.316 e. The fourth-order valence-electron chi connectivity index (χ4n) is 1.86. The number of thiophene rings is 1. The normalized spacial score (nSPS) is 12.6. The van der Waals surface area contributed by atoms with Gasteiger partial charge >= 0.3 is 0 Å². The van der Waals surface area contributed by atoms with Crippen LogP contribution >= 0.6 is 39.0 Å². The van der Waals surface area contributed by atoms with Crippen LogP contribution in [0.2, 0.25) is 0 Å². The van der Waals surface area contributed by atoms with Crippen LogP contribution in [-0.4, -0.2) is 18.8 Å². The van der Waals surface area contributed by atoms with Gasteiger partial charge in [0.25, 0.3) is 0 Å². The Hall–Kier alpha value is -0.290. The van der Waals surface area contributed by atoms with Crippen LogP contribution in [-0.2, 0) is 6.42 Å². The molecule has 19 heavy (non-hydrogen) atoms. The maximum atomic E-state index is 3.51. The molecule has 0 aliphatic carbocycles. The summed E-state index contributed by atoms with van der Waals surface area (Å²) in [6.07, 6.45) is 1.09. The summed E-state index contributed by atoms with van der Waals surface area (Å²) in [4.78, 5) is 2.81. The lowest BCUT2D eigenvalue weighted by molar-refractivity contribution is 0.622. The zero-order chi connectivity index (χ0) is 13.7. The molecule has 1 nitrogen and oxygen atoms in total. The van der Waals surface area contributed by atoms with Crippen LogP contribution in [0.4, 0.5) is 0 Å². The molecule has 4 heteroatoms. The Kier molecular flexibility index (Phi) is 5.95. The number of hydrogen-bond acceptors (Lipinski definition) is 3. The number of aryl methyl sites for hydroxylation is 1. The summed E-state index contributed by atoms with van der Waals surface area (Å²) in [5, 5.41) is 5.57. The number of halogens is 1. The molecule has 1 heterocycles. The number of thioether (sulfide) groups is 1. The van der Waals surface area contributed by atoms with E-state index in [1.807, 2.05) is 30.1 Å². The molecule has 2 rings (SSSR count). The van der Waals surface area contributed by atoms with Gasteiger partial charge in [-0.1, -0.05) is 18.2 Å². The molecule has 0 amide bonds. The van der Waals surface area contributed by atoms with E-state index in [0.29, 0.717) is 6.04 Å². The minimum Gasteiger partial charge on any atom is -0.316 e. The molecule has 0 aliphatic heterocycles. The lowest BCUT2D eigenvalue weighted by Crippen LogP contribution is -2.29. The van der Waals surface area contributed by atoms with Crippen molar-refractivity contribution in [3.05, 3.63) is 50.6 Å². The van der Waals surface area contributed by atoms with Gasteiger partial charge in [0.2, 0.25) is 0 Å². The van der Waals surface area contributed by atoms with E-state index >= 15 is 0 Å². The van der Waals surface area contributed by atoms with Crippen LogP contribution in [0.3, 0.4) is 0 Å². The van der Waals surface area contributed by atoms with E-state index in [-0.39, 0.29) is 0 Å². The first kappa shape index (κ1) is 15.1. The molecule has 102 valence electrons. The Bertz CT molecular complexity index is 524. The van der Waals surface area contributed by atoms with Crippen LogP contribution in [0.1, 0.15) is 10.4 Å². The van der Waals surface area contributed by atoms with Crippen molar-refractivity contribution in [3.63, 3.8) is 0 Å². The predicted octanol–water partition coefficient (Wildman–Crippen LogP) is 4.74. The molecule has 0 aliphatic rings. The Morgan fingerprint density at radius 1 is 1.37 bits per heavy atom. The zero-order valence-electron chi connectivity index (χ0n) is 11.2. The molecule has 0 fully saturated rings. The van der Waals surface area contributed by atoms with E-state index in [1.54, 1.807) is 0 Å². The van der Waals surface area contributed by atoms with Crippen molar-refractivity contribution in [2.75, 3.05) is 12.8 Å². The van der Waals surface area contributed by atoms with E-state index in [2.05, 4.69) is 63.9 Å². The maximum Gasteiger partial charge on any atom is 0.0285 e. The maximum absolute atomic E-state index is 3.51. The van der Waals surface area contributed by atoms with Gasteiger partial charge in [0, 0.05) is 31.4 Å². The third kappa shape index (κ3) is 4.63. The van der Waals surface area contributed by atoms with Crippen molar-refractivity contribution in [1.29, 1.82) is 0 Å². The van der Waals surface area contributed by atoms with Crippen molar-refractivity contribution in [2.24, 2.45) is 0 Å². The van der Waals surface area contributed by atoms with Crippen LogP contribution < -0.4 is 5.32 Å². The van der Waals surface area contributed by atoms with E-state index < -0.39 is 0 Å². The minimum atomic E-state index is 0.509. The second kappa shape index (κ2) is 7.48. The van der Waals surface area contributed by atoms with Gasteiger partial charge in [-0.3, -0.25) is 0 Å². The van der Waals surface area contributed by atoms with Gasteiger partial charge in [0.15, 0.2) is 0 Å². The third-order valence-corrected chi connectivity index (χ3v) is 6.07. The molecule has 0 saturated heterocycles. The van der Waals surface area contributed by atoms with Crippen molar-refractivity contribution in [3.8, 4) is 0 Å². The standard InChI is InChI=1S/C15H18BrNS2/c1-11-5-3-4-6-15(11)19-10-13(17-2)8-14-7-12(16)9-18-14/h3-7,9,13,17H,8,10H2,1-2H3. The molecule has 1 atom stereocenters. The van der Waals surface area contributed by atoms with Gasteiger partial charge in [0.1, 0.15) is 0 Å². The molecular formula is C15H18BrNS2. The average molecular weight is 356 g/mol. The predicted molar refractivity (Wildman–Crippen MR) is 90.5 cm³/mol. The molecule has 1 aromatic heterocycles. The highest BCUT2D eigenvalue weighted by Crippen LogP contribution is 2.25. The van der Waals surface area contributed by atoms with Crippen molar-refractivity contribution < 1.29 is 0 Å². The number of nitrogens with one attached hydrogen (secondary N) is 1. The van der Waals surface area contributed by atoms with Crippen LogP contribution in [0.5, 0.6) is 0 Å². The summed E-state index contributed by atoms with van der Waals surface area (Å²) in [7, 11) is 2.05. The first-order chi connectivity index (χ1) is 9.19. The van der Waals surface area contributed by atoms with Gasteiger partial charge in [-0.25, -0.2) is 0 Å². The first-order valence-corrected chi connectivity index (χ1v) is 8.93. The zero-order valence-corrected chi connectivity index (χ0v) is 14.4. The fourth-order valence-corrected chi connectivity index (χ4v) is 4.53. The molecule has 0 spiro atoms. The Morgan fingerprint density at radius 3 is 2.79 bits per heavy atom. The molecule has 1 N–H and O–H groups in total. The highest BCUT2D eigenvalue weighted by Gasteiger charge is 2.10. The van der Waals surface area contributed by atoms with E-state index in [9.17, 15) is 0 Å². The smallest absolute Gasteiger partial charge is 0.0285 e. The van der Waals surface area contributed by atoms with E-state index in [1.165, 1.54) is 19.8 Å². The molecule has 1 aromatic carbocycles. The quantitative estimate of drug-likeness (QED) is 0.750. The van der Waals surface area contributed by atoms with Crippen LogP contribution in [0.15, 0.2) is 45.1 Å². The van der Waals surface area contributed by atoms with Gasteiger partial charge < -0.3 is 5.32 Å². The summed E-state index contributed by atoms with van der Waals surface area (Å²) in [6, 6.07) is 11.3. The lowest BCUT2D eigenvalue weighted by Gasteiger charge is -2.15. The Labute approximate surface area is 131 Å². The molecule has 2 aromatic rings. The van der Waals surface area contributed by atoms with Gasteiger partial charge in [-0.2, -0.15) is 0 Å². The van der Waals surface area contributed by atoms with E-state index in [4.69, 9.17) is 0 Å². The SMILES string of the molecule is CNC(CSc1ccccc1C)Cc1cc(Br)cs1. The summed E-state index contributed by atoms with van der Waals surface area (Å²) >= 11 is 7.27.